The van der Waals surface area contributed by atoms with Crippen LogP contribution in [0.2, 0.25) is 0 Å². The first kappa shape index (κ1) is 16.1. The molecule has 7 nitrogen and oxygen atoms in total. The number of nitrogens with one attached hydrogen (secondary N) is 1. The maximum atomic E-state index is 11.4. The molecule has 0 aliphatic rings. The van der Waals surface area contributed by atoms with Gasteiger partial charge in [0.25, 0.3) is 11.5 Å². The second-order valence-electron chi connectivity index (χ2n) is 4.11. The smallest absolute Gasteiger partial charge is 0.259 e. The average Bonchev–Trinajstić information content (AvgIpc) is 2.74. The molecule has 0 atom stereocenters. The van der Waals surface area contributed by atoms with Crippen molar-refractivity contribution in [2.24, 2.45) is 5.73 Å². The van der Waals surface area contributed by atoms with Gasteiger partial charge in [0.2, 0.25) is 0 Å². The van der Waals surface area contributed by atoms with Gasteiger partial charge in [0.15, 0.2) is 10.2 Å². The lowest BCUT2D eigenvalue weighted by atomic mass is 10.2. The topological polar surface area (TPSA) is 126 Å². The van der Waals surface area contributed by atoms with E-state index in [1.807, 2.05) is 0 Å². The van der Waals surface area contributed by atoms with Crippen molar-refractivity contribution in [3.8, 4) is 6.07 Å². The summed E-state index contributed by atoms with van der Waals surface area (Å²) in [5, 5.41) is 9.59. The molecule has 2 heterocycles. The normalized spacial score (nSPS) is 11.2. The Labute approximate surface area is 137 Å². The number of halogens is 1. The lowest BCUT2D eigenvalue weighted by molar-refractivity contribution is -0.114. The van der Waals surface area contributed by atoms with Crippen molar-refractivity contribution < 1.29 is 9.21 Å². The Morgan fingerprint density at radius 2 is 2.32 bits per heavy atom. The van der Waals surface area contributed by atoms with E-state index < -0.39 is 5.91 Å². The SMILES string of the molecule is Cc1cc(=O)[nH]c(Sc2oc(/C=C(\C#N)C(N)=O)cc2Br)n1. The van der Waals surface area contributed by atoms with E-state index in [2.05, 4.69) is 25.9 Å². The van der Waals surface area contributed by atoms with Crippen molar-refractivity contribution in [1.82, 2.24) is 9.97 Å². The van der Waals surface area contributed by atoms with E-state index >= 15 is 0 Å². The van der Waals surface area contributed by atoms with Gasteiger partial charge in [0, 0.05) is 17.8 Å². The second-order valence-corrected chi connectivity index (χ2v) is 5.93. The molecule has 0 saturated carbocycles. The zero-order valence-electron chi connectivity index (χ0n) is 11.2. The largest absolute Gasteiger partial charge is 0.449 e. The Bertz CT molecular complexity index is 863. The Morgan fingerprint density at radius 3 is 2.91 bits per heavy atom. The lowest BCUT2D eigenvalue weighted by Gasteiger charge is -1.99. The minimum atomic E-state index is -0.839. The number of furan rings is 1. The third-order valence-electron chi connectivity index (χ3n) is 2.38. The molecule has 1 amide bonds. The second kappa shape index (κ2) is 6.64. The maximum absolute atomic E-state index is 11.4. The molecule has 0 bridgehead atoms. The lowest BCUT2D eigenvalue weighted by Crippen LogP contribution is -2.12. The molecule has 9 heteroatoms. The summed E-state index contributed by atoms with van der Waals surface area (Å²) >= 11 is 4.40. The molecule has 2 aromatic heterocycles. The third-order valence-corrected chi connectivity index (χ3v) is 4.11. The summed E-state index contributed by atoms with van der Waals surface area (Å²) in [6.07, 6.45) is 1.24. The number of primary amides is 1. The van der Waals surface area contributed by atoms with Crippen LogP contribution < -0.4 is 11.3 Å². The number of carbonyl (C=O) groups excluding carboxylic acids is 1. The molecule has 0 radical (unpaired) electrons. The molecule has 0 unspecified atom stereocenters. The number of aryl methyl sites for hydroxylation is 1. The van der Waals surface area contributed by atoms with Crippen LogP contribution in [-0.2, 0) is 4.79 Å². The first-order valence-corrected chi connectivity index (χ1v) is 7.46. The fraction of sp³-hybridized carbons (Fsp3) is 0.0769. The van der Waals surface area contributed by atoms with Gasteiger partial charge in [-0.1, -0.05) is 0 Å². The monoisotopic (exact) mass is 380 g/mol. The molecule has 0 aromatic carbocycles. The number of rotatable bonds is 4. The Balaban J connectivity index is 2.33. The van der Waals surface area contributed by atoms with E-state index in [9.17, 15) is 9.59 Å². The Hall–Kier alpha value is -2.31. The van der Waals surface area contributed by atoms with Gasteiger partial charge in [-0.05, 0) is 40.7 Å². The molecule has 2 rings (SSSR count). The van der Waals surface area contributed by atoms with Crippen LogP contribution in [0.1, 0.15) is 11.5 Å². The summed E-state index contributed by atoms with van der Waals surface area (Å²) in [6, 6.07) is 4.64. The number of aromatic amines is 1. The van der Waals surface area contributed by atoms with Gasteiger partial charge in [0.05, 0.1) is 4.47 Å². The van der Waals surface area contributed by atoms with Gasteiger partial charge >= 0.3 is 0 Å². The molecule has 2 aromatic rings. The van der Waals surface area contributed by atoms with Crippen LogP contribution in [-0.4, -0.2) is 15.9 Å². The zero-order valence-corrected chi connectivity index (χ0v) is 13.6. The summed E-state index contributed by atoms with van der Waals surface area (Å²) in [5.41, 5.74) is 5.15. The summed E-state index contributed by atoms with van der Waals surface area (Å²) in [5.74, 6) is -0.561. The summed E-state index contributed by atoms with van der Waals surface area (Å²) < 4.78 is 6.09. The van der Waals surface area contributed by atoms with Gasteiger partial charge in [-0.15, -0.1) is 0 Å². The molecular formula is C13H9BrN4O3S. The third kappa shape index (κ3) is 3.87. The van der Waals surface area contributed by atoms with E-state index in [0.29, 0.717) is 20.4 Å². The first-order valence-electron chi connectivity index (χ1n) is 5.86. The van der Waals surface area contributed by atoms with Gasteiger partial charge in [0.1, 0.15) is 17.4 Å². The molecule has 3 N–H and O–H groups in total. The molecule has 0 spiro atoms. The van der Waals surface area contributed by atoms with Crippen molar-refractivity contribution in [2.45, 2.75) is 17.2 Å². The molecule has 0 fully saturated rings. The van der Waals surface area contributed by atoms with E-state index in [4.69, 9.17) is 15.4 Å². The van der Waals surface area contributed by atoms with Gasteiger partial charge in [-0.2, -0.15) is 5.26 Å². The predicted octanol–water partition coefficient (Wildman–Crippen LogP) is 1.98. The number of hydrogen-bond donors (Lipinski definition) is 2. The van der Waals surface area contributed by atoms with Crippen LogP contribution >= 0.6 is 27.7 Å². The molecule has 0 aliphatic carbocycles. The molecular weight excluding hydrogens is 372 g/mol. The number of amides is 1. The van der Waals surface area contributed by atoms with Crippen LogP contribution in [0.3, 0.4) is 0 Å². The van der Waals surface area contributed by atoms with E-state index in [1.54, 1.807) is 19.1 Å². The number of carbonyl (C=O) groups is 1. The number of nitrogens with zero attached hydrogens (tertiary/aromatic N) is 2. The van der Waals surface area contributed by atoms with E-state index in [1.165, 1.54) is 12.1 Å². The average molecular weight is 381 g/mol. The number of H-pyrrole nitrogens is 1. The van der Waals surface area contributed by atoms with Gasteiger partial charge in [-0.25, -0.2) is 4.98 Å². The minimum absolute atomic E-state index is 0.222. The molecule has 0 saturated heterocycles. The summed E-state index contributed by atoms with van der Waals surface area (Å²) in [7, 11) is 0. The van der Waals surface area contributed by atoms with Gasteiger partial charge in [-0.3, -0.25) is 9.59 Å². The van der Waals surface area contributed by atoms with Crippen molar-refractivity contribution in [3.05, 3.63) is 44.0 Å². The molecule has 22 heavy (non-hydrogen) atoms. The van der Waals surface area contributed by atoms with Crippen molar-refractivity contribution in [3.63, 3.8) is 0 Å². The maximum Gasteiger partial charge on any atom is 0.259 e. The highest BCUT2D eigenvalue weighted by atomic mass is 79.9. The first-order chi connectivity index (χ1) is 10.4. The number of aromatic nitrogens is 2. The van der Waals surface area contributed by atoms with Crippen LogP contribution in [0.4, 0.5) is 0 Å². The fourth-order valence-corrected chi connectivity index (χ4v) is 2.86. The number of nitriles is 1. The highest BCUT2D eigenvalue weighted by Crippen LogP contribution is 2.34. The van der Waals surface area contributed by atoms with Crippen LogP contribution in [0, 0.1) is 18.3 Å². The Morgan fingerprint density at radius 1 is 1.59 bits per heavy atom. The number of hydrogen-bond acceptors (Lipinski definition) is 6. The van der Waals surface area contributed by atoms with Crippen molar-refractivity contribution >= 4 is 39.7 Å². The highest BCUT2D eigenvalue weighted by Gasteiger charge is 2.13. The van der Waals surface area contributed by atoms with Crippen LogP contribution in [0.25, 0.3) is 6.08 Å². The van der Waals surface area contributed by atoms with E-state index in [0.717, 1.165) is 11.8 Å². The van der Waals surface area contributed by atoms with Crippen molar-refractivity contribution in [2.75, 3.05) is 0 Å². The van der Waals surface area contributed by atoms with Gasteiger partial charge < -0.3 is 15.1 Å². The van der Waals surface area contributed by atoms with Crippen molar-refractivity contribution in [1.29, 1.82) is 5.26 Å². The highest BCUT2D eigenvalue weighted by molar-refractivity contribution is 9.10. The number of nitrogens with two attached hydrogens (primary N) is 1. The molecule has 112 valence electrons. The quantitative estimate of drug-likeness (QED) is 0.474. The summed E-state index contributed by atoms with van der Waals surface area (Å²) in [4.78, 5) is 29.2. The molecule has 0 aliphatic heterocycles. The zero-order chi connectivity index (χ0) is 16.3. The van der Waals surface area contributed by atoms with Crippen LogP contribution in [0.5, 0.6) is 0 Å². The fourth-order valence-electron chi connectivity index (χ4n) is 1.50. The standard InChI is InChI=1S/C13H9BrN4O3S/c1-6-2-10(19)18-13(17-6)22-12-9(14)4-8(21-12)3-7(5-15)11(16)20/h2-4H,1H3,(H2,16,20)(H,17,18,19)/b7-3+. The Kier molecular flexibility index (Phi) is 4.85. The predicted molar refractivity (Wildman–Crippen MR) is 82.9 cm³/mol. The summed E-state index contributed by atoms with van der Waals surface area (Å²) in [6.45, 7) is 1.71. The van der Waals surface area contributed by atoms with Crippen LogP contribution in [0.15, 0.2) is 41.6 Å². The van der Waals surface area contributed by atoms with E-state index in [-0.39, 0.29) is 16.9 Å². The minimum Gasteiger partial charge on any atom is -0.449 e.